The Morgan fingerprint density at radius 3 is 2.61 bits per heavy atom. The molecule has 1 aromatic carbocycles. The van der Waals surface area contributed by atoms with Gasteiger partial charge in [0, 0.05) is 30.0 Å². The Kier molecular flexibility index (Phi) is 9.44. The first-order valence-electron chi connectivity index (χ1n) is 10.4. The monoisotopic (exact) mass is 472 g/mol. The molecule has 1 aliphatic rings. The summed E-state index contributed by atoms with van der Waals surface area (Å²) in [6, 6.07) is 7.38. The number of carbonyl (C=O) groups excluding carboxylic acids is 1. The summed E-state index contributed by atoms with van der Waals surface area (Å²) in [5.74, 6) is 0.536. The first kappa shape index (κ1) is 23.4. The van der Waals surface area contributed by atoms with Gasteiger partial charge in [0.15, 0.2) is 0 Å². The average Bonchev–Trinajstić information content (AvgIpc) is 2.67. The van der Waals surface area contributed by atoms with Gasteiger partial charge < -0.3 is 5.32 Å². The molecule has 1 amide bonds. The highest BCUT2D eigenvalue weighted by Crippen LogP contribution is 2.23. The Morgan fingerprint density at radius 2 is 2.00 bits per heavy atom. The fourth-order valence-corrected chi connectivity index (χ4v) is 5.65. The molecular weight excluding hydrogens is 440 g/mol. The number of amides is 1. The van der Waals surface area contributed by atoms with E-state index in [0.717, 1.165) is 29.4 Å². The Labute approximate surface area is 178 Å². The Bertz CT molecular complexity index is 731. The molecule has 7 heteroatoms. The van der Waals surface area contributed by atoms with E-state index < -0.39 is 10.0 Å². The Balaban J connectivity index is 1.81. The summed E-state index contributed by atoms with van der Waals surface area (Å²) < 4.78 is 27.8. The van der Waals surface area contributed by atoms with Crippen molar-refractivity contribution in [2.45, 2.75) is 58.1 Å². The SMILES string of the molecule is CCCC[C@@H](CC)CNC(=O)C1CCN(S(=O)(=O)Cc2cccc(Br)c2)CC1. The van der Waals surface area contributed by atoms with Crippen LogP contribution in [-0.4, -0.2) is 38.3 Å². The van der Waals surface area contributed by atoms with Gasteiger partial charge in [0.05, 0.1) is 5.75 Å². The highest BCUT2D eigenvalue weighted by Gasteiger charge is 2.31. The normalized spacial score (nSPS) is 17.4. The van der Waals surface area contributed by atoms with Crippen LogP contribution >= 0.6 is 15.9 Å². The molecule has 0 unspecified atom stereocenters. The van der Waals surface area contributed by atoms with E-state index in [0.29, 0.717) is 31.8 Å². The van der Waals surface area contributed by atoms with Crippen LogP contribution in [0.3, 0.4) is 0 Å². The van der Waals surface area contributed by atoms with Crippen molar-refractivity contribution in [2.24, 2.45) is 11.8 Å². The molecule has 158 valence electrons. The van der Waals surface area contributed by atoms with Crippen LogP contribution in [0, 0.1) is 11.8 Å². The number of piperidine rings is 1. The van der Waals surface area contributed by atoms with Gasteiger partial charge in [0.2, 0.25) is 15.9 Å². The van der Waals surface area contributed by atoms with E-state index in [1.54, 1.807) is 0 Å². The summed E-state index contributed by atoms with van der Waals surface area (Å²) in [6.07, 6.45) is 5.79. The van der Waals surface area contributed by atoms with Crippen LogP contribution in [0.4, 0.5) is 0 Å². The topological polar surface area (TPSA) is 66.5 Å². The summed E-state index contributed by atoms with van der Waals surface area (Å²) >= 11 is 3.38. The molecule has 0 aromatic heterocycles. The molecule has 28 heavy (non-hydrogen) atoms. The van der Waals surface area contributed by atoms with Crippen LogP contribution in [0.25, 0.3) is 0 Å². The fourth-order valence-electron chi connectivity index (χ4n) is 3.66. The van der Waals surface area contributed by atoms with Gasteiger partial charge in [-0.05, 0) is 42.9 Å². The number of carbonyl (C=O) groups is 1. The lowest BCUT2D eigenvalue weighted by Gasteiger charge is -2.31. The summed E-state index contributed by atoms with van der Waals surface area (Å²) in [5.41, 5.74) is 0.770. The maximum Gasteiger partial charge on any atom is 0.223 e. The number of nitrogens with one attached hydrogen (secondary N) is 1. The zero-order chi connectivity index (χ0) is 20.6. The zero-order valence-corrected chi connectivity index (χ0v) is 19.4. The lowest BCUT2D eigenvalue weighted by atomic mass is 9.95. The molecule has 0 spiro atoms. The predicted molar refractivity (Wildman–Crippen MR) is 117 cm³/mol. The van der Waals surface area contributed by atoms with Gasteiger partial charge in [-0.3, -0.25) is 4.79 Å². The molecule has 1 heterocycles. The minimum Gasteiger partial charge on any atom is -0.356 e. The number of benzene rings is 1. The minimum atomic E-state index is -3.36. The molecule has 1 saturated heterocycles. The third-order valence-electron chi connectivity index (χ3n) is 5.56. The first-order valence-corrected chi connectivity index (χ1v) is 12.8. The van der Waals surface area contributed by atoms with Crippen molar-refractivity contribution in [1.29, 1.82) is 0 Å². The van der Waals surface area contributed by atoms with Crippen LogP contribution in [0.15, 0.2) is 28.7 Å². The Hall–Kier alpha value is -0.920. The number of hydrogen-bond donors (Lipinski definition) is 1. The van der Waals surface area contributed by atoms with Crippen molar-refractivity contribution in [2.75, 3.05) is 19.6 Å². The van der Waals surface area contributed by atoms with Crippen LogP contribution in [-0.2, 0) is 20.6 Å². The quantitative estimate of drug-likeness (QED) is 0.550. The lowest BCUT2D eigenvalue weighted by Crippen LogP contribution is -2.44. The maximum atomic E-state index is 12.7. The molecule has 0 radical (unpaired) electrons. The van der Waals surface area contributed by atoms with Crippen LogP contribution in [0.5, 0.6) is 0 Å². The van der Waals surface area contributed by atoms with Crippen molar-refractivity contribution in [1.82, 2.24) is 9.62 Å². The van der Waals surface area contributed by atoms with E-state index in [2.05, 4.69) is 35.1 Å². The minimum absolute atomic E-state index is 0.00108. The van der Waals surface area contributed by atoms with Crippen molar-refractivity contribution in [3.8, 4) is 0 Å². The fraction of sp³-hybridized carbons (Fsp3) is 0.667. The second kappa shape index (κ2) is 11.3. The maximum absolute atomic E-state index is 12.7. The van der Waals surface area contributed by atoms with E-state index in [-0.39, 0.29) is 17.6 Å². The molecular formula is C21H33BrN2O3S. The highest BCUT2D eigenvalue weighted by molar-refractivity contribution is 9.10. The Morgan fingerprint density at radius 1 is 1.29 bits per heavy atom. The number of rotatable bonds is 10. The third-order valence-corrected chi connectivity index (χ3v) is 7.91. The molecule has 1 fully saturated rings. The van der Waals surface area contributed by atoms with Gasteiger partial charge in [-0.2, -0.15) is 0 Å². The van der Waals surface area contributed by atoms with Crippen LogP contribution < -0.4 is 5.32 Å². The first-order chi connectivity index (χ1) is 13.4. The van der Waals surface area contributed by atoms with Crippen LogP contribution in [0.1, 0.15) is 57.9 Å². The van der Waals surface area contributed by atoms with E-state index in [1.807, 2.05) is 24.3 Å². The largest absolute Gasteiger partial charge is 0.356 e. The standard InChI is InChI=1S/C21H33BrN2O3S/c1-3-5-7-17(4-2)15-23-21(25)19-10-12-24(13-11-19)28(26,27)16-18-8-6-9-20(22)14-18/h6,8-9,14,17,19H,3-5,7,10-13,15-16H2,1-2H3,(H,23,25)/t17-/m1/s1. The molecule has 1 N–H and O–H groups in total. The smallest absolute Gasteiger partial charge is 0.223 e. The number of sulfonamides is 1. The lowest BCUT2D eigenvalue weighted by molar-refractivity contribution is -0.126. The number of unbranched alkanes of at least 4 members (excludes halogenated alkanes) is 1. The van der Waals surface area contributed by atoms with Crippen molar-refractivity contribution < 1.29 is 13.2 Å². The van der Waals surface area contributed by atoms with Gasteiger partial charge >= 0.3 is 0 Å². The van der Waals surface area contributed by atoms with Crippen molar-refractivity contribution in [3.63, 3.8) is 0 Å². The molecule has 1 aromatic rings. The average molecular weight is 473 g/mol. The van der Waals surface area contributed by atoms with Gasteiger partial charge in [0.25, 0.3) is 0 Å². The molecule has 5 nitrogen and oxygen atoms in total. The third kappa shape index (κ3) is 7.16. The highest BCUT2D eigenvalue weighted by atomic mass is 79.9. The summed E-state index contributed by atoms with van der Waals surface area (Å²) in [7, 11) is -3.36. The van der Waals surface area contributed by atoms with Gasteiger partial charge in [-0.15, -0.1) is 0 Å². The van der Waals surface area contributed by atoms with E-state index in [1.165, 1.54) is 17.1 Å². The predicted octanol–water partition coefficient (Wildman–Crippen LogP) is 4.32. The summed E-state index contributed by atoms with van der Waals surface area (Å²) in [6.45, 7) is 5.92. The second-order valence-corrected chi connectivity index (χ2v) is 10.6. The van der Waals surface area contributed by atoms with Gasteiger partial charge in [-0.1, -0.05) is 61.2 Å². The van der Waals surface area contributed by atoms with E-state index in [9.17, 15) is 13.2 Å². The van der Waals surface area contributed by atoms with Crippen molar-refractivity contribution in [3.05, 3.63) is 34.3 Å². The molecule has 1 aliphatic heterocycles. The van der Waals surface area contributed by atoms with Gasteiger partial charge in [-0.25, -0.2) is 12.7 Å². The molecule has 0 bridgehead atoms. The number of nitrogens with zero attached hydrogens (tertiary/aromatic N) is 1. The van der Waals surface area contributed by atoms with E-state index >= 15 is 0 Å². The summed E-state index contributed by atoms with van der Waals surface area (Å²) in [5, 5.41) is 3.10. The zero-order valence-electron chi connectivity index (χ0n) is 17.0. The number of hydrogen-bond acceptors (Lipinski definition) is 3. The number of halogens is 1. The van der Waals surface area contributed by atoms with Crippen LogP contribution in [0.2, 0.25) is 0 Å². The molecule has 0 aliphatic carbocycles. The second-order valence-electron chi connectivity index (χ2n) is 7.72. The van der Waals surface area contributed by atoms with Crippen molar-refractivity contribution >= 4 is 31.9 Å². The molecule has 0 saturated carbocycles. The summed E-state index contributed by atoms with van der Waals surface area (Å²) in [4.78, 5) is 12.5. The van der Waals surface area contributed by atoms with Gasteiger partial charge in [0.1, 0.15) is 0 Å². The molecule has 1 atom stereocenters. The molecule has 2 rings (SSSR count). The van der Waals surface area contributed by atoms with E-state index in [4.69, 9.17) is 0 Å².